The van der Waals surface area contributed by atoms with E-state index in [1.165, 1.54) is 4.90 Å². The lowest BCUT2D eigenvalue weighted by Crippen LogP contribution is -2.45. The van der Waals surface area contributed by atoms with Gasteiger partial charge in [-0.25, -0.2) is 4.79 Å². The number of carbonyl (C=O) groups is 2. The molecule has 34 heavy (non-hydrogen) atoms. The zero-order chi connectivity index (χ0) is 24.3. The van der Waals surface area contributed by atoms with Crippen molar-refractivity contribution in [2.45, 2.75) is 19.4 Å². The van der Waals surface area contributed by atoms with Crippen molar-refractivity contribution in [3.63, 3.8) is 0 Å². The van der Waals surface area contributed by atoms with Crippen LogP contribution in [0.5, 0.6) is 17.2 Å². The molecule has 1 fully saturated rings. The van der Waals surface area contributed by atoms with Crippen LogP contribution in [0, 0.1) is 13.8 Å². The van der Waals surface area contributed by atoms with Crippen molar-refractivity contribution in [3.8, 4) is 17.2 Å². The second-order valence-electron chi connectivity index (χ2n) is 8.27. The molecule has 0 spiro atoms. The first-order valence-corrected chi connectivity index (χ1v) is 11.0. The Hall–Kier alpha value is -4.00. The van der Waals surface area contributed by atoms with Crippen LogP contribution in [0.1, 0.15) is 22.3 Å². The van der Waals surface area contributed by atoms with Gasteiger partial charge in [0.1, 0.15) is 23.9 Å². The Labute approximate surface area is 199 Å². The van der Waals surface area contributed by atoms with Gasteiger partial charge in [-0.05, 0) is 72.5 Å². The summed E-state index contributed by atoms with van der Waals surface area (Å²) in [4.78, 5) is 28.1. The standard InChI is InChI=1S/C27H28N2O5/c1-18-15-19(2)17-24(16-18)34-14-13-29-25(30)27(28-26(29)31,20-5-9-22(32-3)10-6-20)21-7-11-23(33-4)12-8-21/h5-12,15-17H,13-14H2,1-4H3,(H,28,31). The molecule has 1 saturated heterocycles. The number of imide groups is 1. The summed E-state index contributed by atoms with van der Waals surface area (Å²) in [6.45, 7) is 4.29. The highest BCUT2D eigenvalue weighted by atomic mass is 16.5. The van der Waals surface area contributed by atoms with E-state index in [-0.39, 0.29) is 19.1 Å². The highest BCUT2D eigenvalue weighted by Crippen LogP contribution is 2.37. The molecule has 3 aromatic carbocycles. The molecule has 1 aliphatic rings. The van der Waals surface area contributed by atoms with Gasteiger partial charge in [0.05, 0.1) is 20.8 Å². The number of hydrogen-bond donors (Lipinski definition) is 1. The van der Waals surface area contributed by atoms with E-state index in [9.17, 15) is 9.59 Å². The quantitative estimate of drug-likeness (QED) is 0.510. The number of urea groups is 1. The van der Waals surface area contributed by atoms with Gasteiger partial charge in [0, 0.05) is 0 Å². The molecule has 0 aliphatic carbocycles. The first kappa shape index (κ1) is 23.2. The Morgan fingerprint density at radius 3 is 1.74 bits per heavy atom. The molecular weight excluding hydrogens is 432 g/mol. The number of rotatable bonds is 8. The fourth-order valence-electron chi connectivity index (χ4n) is 4.29. The first-order chi connectivity index (χ1) is 16.4. The molecule has 1 heterocycles. The summed E-state index contributed by atoms with van der Waals surface area (Å²) in [7, 11) is 3.16. The van der Waals surface area contributed by atoms with Crippen LogP contribution in [0.15, 0.2) is 66.7 Å². The minimum Gasteiger partial charge on any atom is -0.497 e. The van der Waals surface area contributed by atoms with E-state index in [0.717, 1.165) is 11.1 Å². The number of aryl methyl sites for hydroxylation is 2. The Morgan fingerprint density at radius 1 is 0.765 bits per heavy atom. The van der Waals surface area contributed by atoms with Crippen LogP contribution in [0.2, 0.25) is 0 Å². The zero-order valence-electron chi connectivity index (χ0n) is 19.8. The van der Waals surface area contributed by atoms with Gasteiger partial charge < -0.3 is 19.5 Å². The molecule has 4 rings (SSSR count). The smallest absolute Gasteiger partial charge is 0.325 e. The van der Waals surface area contributed by atoms with Gasteiger partial charge in [-0.1, -0.05) is 30.3 Å². The zero-order valence-corrected chi connectivity index (χ0v) is 19.8. The van der Waals surface area contributed by atoms with Crippen LogP contribution >= 0.6 is 0 Å². The molecule has 7 nitrogen and oxygen atoms in total. The molecule has 0 aromatic heterocycles. The first-order valence-electron chi connectivity index (χ1n) is 11.0. The lowest BCUT2D eigenvalue weighted by Gasteiger charge is -2.28. The maximum absolute atomic E-state index is 13.8. The van der Waals surface area contributed by atoms with Crippen molar-refractivity contribution < 1.29 is 23.8 Å². The van der Waals surface area contributed by atoms with E-state index >= 15 is 0 Å². The lowest BCUT2D eigenvalue weighted by atomic mass is 9.82. The second kappa shape index (κ2) is 9.47. The Morgan fingerprint density at radius 2 is 1.26 bits per heavy atom. The summed E-state index contributed by atoms with van der Waals surface area (Å²) >= 11 is 0. The van der Waals surface area contributed by atoms with Gasteiger partial charge in [0.15, 0.2) is 5.54 Å². The average Bonchev–Trinajstić information content (AvgIpc) is 3.09. The molecule has 1 aliphatic heterocycles. The maximum atomic E-state index is 13.8. The third-order valence-electron chi connectivity index (χ3n) is 5.93. The van der Waals surface area contributed by atoms with E-state index in [4.69, 9.17) is 14.2 Å². The Kier molecular flexibility index (Phi) is 6.45. The summed E-state index contributed by atoms with van der Waals surface area (Å²) in [5.74, 6) is 1.66. The molecule has 3 amide bonds. The van der Waals surface area contributed by atoms with Crippen molar-refractivity contribution in [3.05, 3.63) is 89.0 Å². The molecule has 1 N–H and O–H groups in total. The predicted octanol–water partition coefficient (Wildman–Crippen LogP) is 4.20. The van der Waals surface area contributed by atoms with E-state index in [1.807, 2.05) is 26.0 Å². The number of carbonyl (C=O) groups excluding carboxylic acids is 2. The second-order valence-corrected chi connectivity index (χ2v) is 8.27. The number of hydrogen-bond acceptors (Lipinski definition) is 5. The number of nitrogens with zero attached hydrogens (tertiary/aromatic N) is 1. The molecule has 0 bridgehead atoms. The molecule has 0 radical (unpaired) electrons. The largest absolute Gasteiger partial charge is 0.497 e. The predicted molar refractivity (Wildman–Crippen MR) is 128 cm³/mol. The minimum atomic E-state index is -1.37. The van der Waals surface area contributed by atoms with E-state index in [1.54, 1.807) is 62.8 Å². The van der Waals surface area contributed by atoms with Crippen molar-refractivity contribution in [2.75, 3.05) is 27.4 Å². The Balaban J connectivity index is 1.63. The van der Waals surface area contributed by atoms with Gasteiger partial charge in [0.2, 0.25) is 0 Å². The molecule has 0 atom stereocenters. The van der Waals surface area contributed by atoms with Crippen molar-refractivity contribution in [1.82, 2.24) is 10.2 Å². The molecule has 0 unspecified atom stereocenters. The van der Waals surface area contributed by atoms with Gasteiger partial charge >= 0.3 is 6.03 Å². The number of amides is 3. The van der Waals surface area contributed by atoms with E-state index < -0.39 is 11.6 Å². The fraction of sp³-hybridized carbons (Fsp3) is 0.259. The summed E-state index contributed by atoms with van der Waals surface area (Å²) in [5, 5.41) is 2.94. The van der Waals surface area contributed by atoms with Gasteiger partial charge in [-0.15, -0.1) is 0 Å². The monoisotopic (exact) mass is 460 g/mol. The van der Waals surface area contributed by atoms with Crippen LogP contribution in [0.25, 0.3) is 0 Å². The number of benzene rings is 3. The normalized spacial score (nSPS) is 14.6. The van der Waals surface area contributed by atoms with Gasteiger partial charge in [-0.3, -0.25) is 9.69 Å². The summed E-state index contributed by atoms with van der Waals surface area (Å²) in [6, 6.07) is 19.7. The SMILES string of the molecule is COc1ccc(C2(c3ccc(OC)cc3)NC(=O)N(CCOc3cc(C)cc(C)c3)C2=O)cc1. The van der Waals surface area contributed by atoms with Crippen molar-refractivity contribution in [2.24, 2.45) is 0 Å². The summed E-state index contributed by atoms with van der Waals surface area (Å²) in [6.07, 6.45) is 0. The fourth-order valence-corrected chi connectivity index (χ4v) is 4.29. The third kappa shape index (κ3) is 4.29. The highest BCUT2D eigenvalue weighted by Gasteiger charge is 2.53. The molecule has 176 valence electrons. The maximum Gasteiger partial charge on any atom is 0.325 e. The topological polar surface area (TPSA) is 77.1 Å². The number of nitrogens with one attached hydrogen (secondary N) is 1. The molecule has 7 heteroatoms. The molecule has 0 saturated carbocycles. The van der Waals surface area contributed by atoms with Crippen LogP contribution in [-0.4, -0.2) is 44.2 Å². The number of ether oxygens (including phenoxy) is 3. The van der Waals surface area contributed by atoms with Crippen molar-refractivity contribution >= 4 is 11.9 Å². The van der Waals surface area contributed by atoms with Crippen LogP contribution in [0.3, 0.4) is 0 Å². The van der Waals surface area contributed by atoms with Gasteiger partial charge in [0.25, 0.3) is 5.91 Å². The lowest BCUT2D eigenvalue weighted by molar-refractivity contribution is -0.130. The summed E-state index contributed by atoms with van der Waals surface area (Å²) in [5.41, 5.74) is 2.07. The summed E-state index contributed by atoms with van der Waals surface area (Å²) < 4.78 is 16.4. The molecule has 3 aromatic rings. The molecular formula is C27H28N2O5. The van der Waals surface area contributed by atoms with Crippen LogP contribution in [-0.2, 0) is 10.3 Å². The van der Waals surface area contributed by atoms with Gasteiger partial charge in [-0.2, -0.15) is 0 Å². The van der Waals surface area contributed by atoms with E-state index in [0.29, 0.717) is 28.4 Å². The third-order valence-corrected chi connectivity index (χ3v) is 5.93. The van der Waals surface area contributed by atoms with Crippen LogP contribution < -0.4 is 19.5 Å². The highest BCUT2D eigenvalue weighted by molar-refractivity contribution is 6.09. The number of methoxy groups -OCH3 is 2. The Bertz CT molecular complexity index is 1120. The minimum absolute atomic E-state index is 0.117. The van der Waals surface area contributed by atoms with E-state index in [2.05, 4.69) is 11.4 Å². The van der Waals surface area contributed by atoms with Crippen LogP contribution in [0.4, 0.5) is 4.79 Å². The van der Waals surface area contributed by atoms with Crippen molar-refractivity contribution in [1.29, 1.82) is 0 Å². The average molecular weight is 461 g/mol.